The van der Waals surface area contributed by atoms with Crippen molar-refractivity contribution >= 4 is 34.8 Å². The predicted molar refractivity (Wildman–Crippen MR) is 131 cm³/mol. The number of amides is 1. The molecule has 0 saturated carbocycles. The monoisotopic (exact) mass is 453 g/mol. The van der Waals surface area contributed by atoms with E-state index in [4.69, 9.17) is 4.74 Å². The van der Waals surface area contributed by atoms with Gasteiger partial charge in [-0.1, -0.05) is 6.07 Å². The zero-order valence-electron chi connectivity index (χ0n) is 18.8. The number of hydrogen-bond acceptors (Lipinski definition) is 5. The summed E-state index contributed by atoms with van der Waals surface area (Å²) in [5.74, 6) is 1.05. The molecular weight excluding hydrogens is 430 g/mol. The Morgan fingerprint density at radius 2 is 2.03 bits per heavy atom. The first kappa shape index (κ1) is 21.2. The lowest BCUT2D eigenvalue weighted by atomic mass is 10.2. The molecule has 0 aliphatic rings. The van der Waals surface area contributed by atoms with Crippen molar-refractivity contribution in [1.82, 2.24) is 29.5 Å². The van der Waals surface area contributed by atoms with Gasteiger partial charge in [0.25, 0.3) is 5.91 Å². The largest absolute Gasteiger partial charge is 0.457 e. The third-order valence-electron chi connectivity index (χ3n) is 5.25. The summed E-state index contributed by atoms with van der Waals surface area (Å²) in [6.45, 7) is 4.44. The van der Waals surface area contributed by atoms with E-state index in [1.165, 1.54) is 0 Å². The smallest absolute Gasteiger partial charge is 0.273 e. The molecule has 9 heteroatoms. The highest BCUT2D eigenvalue weighted by Crippen LogP contribution is 2.28. The average molecular weight is 454 g/mol. The Hall–Kier alpha value is -4.66. The van der Waals surface area contributed by atoms with Crippen molar-refractivity contribution in [2.45, 2.75) is 20.4 Å². The molecular formula is C25H23N7O2. The highest BCUT2D eigenvalue weighted by molar-refractivity contribution is 6.03. The number of nitrogens with zero attached hydrogens (tertiary/aromatic N) is 5. The van der Waals surface area contributed by atoms with E-state index in [1.807, 2.05) is 62.5 Å². The molecule has 3 aromatic heterocycles. The minimum atomic E-state index is -0.214. The molecule has 3 heterocycles. The van der Waals surface area contributed by atoms with E-state index >= 15 is 0 Å². The van der Waals surface area contributed by atoms with Crippen molar-refractivity contribution in [1.29, 1.82) is 0 Å². The molecule has 5 aromatic rings. The standard InChI is InChI=1S/C25H23N7O2/c1-3-31-24(11-17(2)30-31)25(33)29-19-5-4-6-21(12-19)34-22-8-7-18-14-28-32(23(18)13-22)10-9-20-15-26-16-27-20/h4-16H,3H2,1-2H3,(H,26,27)(H,29,33). The Kier molecular flexibility index (Phi) is 5.65. The Bertz CT molecular complexity index is 1480. The number of benzene rings is 2. The van der Waals surface area contributed by atoms with Gasteiger partial charge in [0.05, 0.1) is 35.6 Å². The van der Waals surface area contributed by atoms with Crippen molar-refractivity contribution < 1.29 is 9.53 Å². The molecule has 5 rings (SSSR count). The summed E-state index contributed by atoms with van der Waals surface area (Å²) >= 11 is 0. The van der Waals surface area contributed by atoms with Crippen LogP contribution in [0.4, 0.5) is 5.69 Å². The van der Waals surface area contributed by atoms with Gasteiger partial charge in [0.2, 0.25) is 0 Å². The van der Waals surface area contributed by atoms with E-state index < -0.39 is 0 Å². The second-order valence-electron chi connectivity index (χ2n) is 7.70. The van der Waals surface area contributed by atoms with E-state index in [0.717, 1.165) is 22.3 Å². The summed E-state index contributed by atoms with van der Waals surface area (Å²) in [5, 5.41) is 12.7. The maximum atomic E-state index is 12.7. The van der Waals surface area contributed by atoms with Crippen LogP contribution < -0.4 is 10.1 Å². The van der Waals surface area contributed by atoms with Crippen LogP contribution in [0.3, 0.4) is 0 Å². The highest BCUT2D eigenvalue weighted by Gasteiger charge is 2.14. The van der Waals surface area contributed by atoms with E-state index in [-0.39, 0.29) is 5.91 Å². The molecule has 0 aliphatic carbocycles. The predicted octanol–water partition coefficient (Wildman–Crippen LogP) is 4.96. The number of hydrogen-bond donors (Lipinski definition) is 2. The number of aromatic nitrogens is 6. The van der Waals surface area contributed by atoms with Crippen LogP contribution >= 0.6 is 0 Å². The van der Waals surface area contributed by atoms with Crippen LogP contribution in [0.1, 0.15) is 28.8 Å². The van der Waals surface area contributed by atoms with Gasteiger partial charge in [0, 0.05) is 36.0 Å². The first-order chi connectivity index (χ1) is 16.6. The summed E-state index contributed by atoms with van der Waals surface area (Å²) < 4.78 is 9.55. The number of fused-ring (bicyclic) bond motifs is 1. The van der Waals surface area contributed by atoms with Crippen molar-refractivity contribution in [3.8, 4) is 11.5 Å². The van der Waals surface area contributed by atoms with Crippen molar-refractivity contribution in [2.75, 3.05) is 5.32 Å². The Labute approximate surface area is 195 Å². The number of aromatic amines is 1. The summed E-state index contributed by atoms with van der Waals surface area (Å²) in [5.41, 5.74) is 3.75. The zero-order valence-corrected chi connectivity index (χ0v) is 18.8. The fraction of sp³-hybridized carbons (Fsp3) is 0.120. The highest BCUT2D eigenvalue weighted by atomic mass is 16.5. The van der Waals surface area contributed by atoms with Crippen LogP contribution in [-0.4, -0.2) is 35.4 Å². The molecule has 0 fully saturated rings. The van der Waals surface area contributed by atoms with Gasteiger partial charge in [-0.2, -0.15) is 10.2 Å². The minimum absolute atomic E-state index is 0.214. The van der Waals surface area contributed by atoms with Crippen LogP contribution in [0.5, 0.6) is 11.5 Å². The van der Waals surface area contributed by atoms with Gasteiger partial charge in [-0.3, -0.25) is 9.48 Å². The number of nitrogens with one attached hydrogen (secondary N) is 2. The quantitative estimate of drug-likeness (QED) is 0.363. The Morgan fingerprint density at radius 3 is 2.85 bits per heavy atom. The molecule has 170 valence electrons. The number of aryl methyl sites for hydroxylation is 2. The molecule has 9 nitrogen and oxygen atoms in total. The van der Waals surface area contributed by atoms with Gasteiger partial charge in [0.1, 0.15) is 17.2 Å². The fourth-order valence-electron chi connectivity index (χ4n) is 3.65. The number of ether oxygens (including phenoxy) is 1. The second kappa shape index (κ2) is 9.07. The van der Waals surface area contributed by atoms with Gasteiger partial charge in [-0.25, -0.2) is 9.67 Å². The minimum Gasteiger partial charge on any atom is -0.457 e. The lowest BCUT2D eigenvalue weighted by molar-refractivity contribution is 0.101. The fourth-order valence-corrected chi connectivity index (χ4v) is 3.65. The molecule has 0 saturated heterocycles. The molecule has 0 aliphatic heterocycles. The summed E-state index contributed by atoms with van der Waals surface area (Å²) in [6, 6.07) is 14.8. The Morgan fingerprint density at radius 1 is 1.15 bits per heavy atom. The molecule has 2 N–H and O–H groups in total. The third kappa shape index (κ3) is 4.44. The number of imidazole rings is 1. The van der Waals surface area contributed by atoms with E-state index in [2.05, 4.69) is 25.5 Å². The lowest BCUT2D eigenvalue weighted by Gasteiger charge is -2.10. The molecule has 0 radical (unpaired) electrons. The van der Waals surface area contributed by atoms with Crippen molar-refractivity contribution in [3.05, 3.63) is 84.3 Å². The van der Waals surface area contributed by atoms with Gasteiger partial charge in [-0.15, -0.1) is 0 Å². The van der Waals surface area contributed by atoms with E-state index in [9.17, 15) is 4.79 Å². The van der Waals surface area contributed by atoms with Gasteiger partial charge in [0.15, 0.2) is 0 Å². The third-order valence-corrected chi connectivity index (χ3v) is 5.25. The molecule has 0 bridgehead atoms. The van der Waals surface area contributed by atoms with Gasteiger partial charge in [-0.05, 0) is 50.3 Å². The molecule has 0 atom stereocenters. The normalized spacial score (nSPS) is 11.4. The number of carbonyl (C=O) groups is 1. The molecule has 0 spiro atoms. The van der Waals surface area contributed by atoms with E-state index in [1.54, 1.807) is 40.2 Å². The summed E-state index contributed by atoms with van der Waals surface area (Å²) in [6.07, 6.45) is 8.92. The summed E-state index contributed by atoms with van der Waals surface area (Å²) in [4.78, 5) is 19.8. The Balaban J connectivity index is 1.34. The number of H-pyrrole nitrogens is 1. The van der Waals surface area contributed by atoms with Crippen LogP contribution in [0.15, 0.2) is 67.3 Å². The maximum Gasteiger partial charge on any atom is 0.273 e. The SMILES string of the molecule is CCn1nc(C)cc1C(=O)Nc1cccc(Oc2ccc3cnn(C=Cc4cnc[nH]4)c3c2)c1. The van der Waals surface area contributed by atoms with Gasteiger partial charge < -0.3 is 15.0 Å². The zero-order chi connectivity index (χ0) is 23.5. The lowest BCUT2D eigenvalue weighted by Crippen LogP contribution is -2.17. The first-order valence-corrected chi connectivity index (χ1v) is 10.9. The van der Waals surface area contributed by atoms with Crippen molar-refractivity contribution in [3.63, 3.8) is 0 Å². The summed E-state index contributed by atoms with van der Waals surface area (Å²) in [7, 11) is 0. The van der Waals surface area contributed by atoms with Crippen molar-refractivity contribution in [2.24, 2.45) is 0 Å². The molecule has 0 unspecified atom stereocenters. The number of carbonyl (C=O) groups excluding carboxylic acids is 1. The second-order valence-corrected chi connectivity index (χ2v) is 7.70. The average Bonchev–Trinajstić information content (AvgIpc) is 3.57. The van der Waals surface area contributed by atoms with Gasteiger partial charge >= 0.3 is 0 Å². The maximum absolute atomic E-state index is 12.7. The molecule has 2 aromatic carbocycles. The van der Waals surface area contributed by atoms with Crippen LogP contribution in [0.25, 0.3) is 23.2 Å². The first-order valence-electron chi connectivity index (χ1n) is 10.9. The number of rotatable bonds is 7. The molecule has 1 amide bonds. The van der Waals surface area contributed by atoms with E-state index in [0.29, 0.717) is 29.4 Å². The molecule has 34 heavy (non-hydrogen) atoms. The topological polar surface area (TPSA) is 103 Å². The van der Waals surface area contributed by atoms with Crippen LogP contribution in [0, 0.1) is 6.92 Å². The van der Waals surface area contributed by atoms with Crippen LogP contribution in [0.2, 0.25) is 0 Å². The number of anilines is 1. The van der Waals surface area contributed by atoms with Crippen LogP contribution in [-0.2, 0) is 6.54 Å².